The normalized spacial score (nSPS) is 16.5. The van der Waals surface area contributed by atoms with E-state index >= 15 is 0 Å². The van der Waals surface area contributed by atoms with Gasteiger partial charge in [0.05, 0.1) is 6.17 Å². The Labute approximate surface area is 76.7 Å². The van der Waals surface area contributed by atoms with Crippen molar-refractivity contribution < 1.29 is 0 Å². The van der Waals surface area contributed by atoms with Gasteiger partial charge >= 0.3 is 0 Å². The van der Waals surface area contributed by atoms with E-state index in [4.69, 9.17) is 11.5 Å². The Kier molecular flexibility index (Phi) is 6.39. The van der Waals surface area contributed by atoms with E-state index in [-0.39, 0.29) is 6.17 Å². The molecule has 0 aromatic rings. The molecule has 0 aliphatic heterocycles. The van der Waals surface area contributed by atoms with Crippen molar-refractivity contribution in [2.45, 2.75) is 52.6 Å². The van der Waals surface area contributed by atoms with Crippen LogP contribution in [0.1, 0.15) is 46.5 Å². The van der Waals surface area contributed by atoms with Crippen molar-refractivity contribution in [3.05, 3.63) is 0 Å². The first-order valence-corrected chi connectivity index (χ1v) is 5.09. The van der Waals surface area contributed by atoms with Crippen molar-refractivity contribution in [1.29, 1.82) is 0 Å². The molecule has 0 fully saturated rings. The monoisotopic (exact) mass is 172 g/mol. The van der Waals surface area contributed by atoms with Crippen LogP contribution in [0.3, 0.4) is 0 Å². The van der Waals surface area contributed by atoms with Crippen LogP contribution in [0.15, 0.2) is 0 Å². The molecule has 2 nitrogen and oxygen atoms in total. The van der Waals surface area contributed by atoms with E-state index in [0.717, 1.165) is 18.3 Å². The summed E-state index contributed by atoms with van der Waals surface area (Å²) in [6, 6.07) is 0. The van der Waals surface area contributed by atoms with Crippen LogP contribution in [0, 0.1) is 11.8 Å². The highest BCUT2D eigenvalue weighted by Crippen LogP contribution is 2.20. The molecule has 0 aliphatic carbocycles. The summed E-state index contributed by atoms with van der Waals surface area (Å²) in [4.78, 5) is 0. The average Bonchev–Trinajstić information content (AvgIpc) is 2.02. The van der Waals surface area contributed by atoms with Crippen molar-refractivity contribution in [3.63, 3.8) is 0 Å². The van der Waals surface area contributed by atoms with Gasteiger partial charge in [0.15, 0.2) is 0 Å². The molecule has 0 aliphatic rings. The Balaban J connectivity index is 3.37. The van der Waals surface area contributed by atoms with Crippen molar-refractivity contribution in [1.82, 2.24) is 0 Å². The second kappa shape index (κ2) is 6.44. The summed E-state index contributed by atoms with van der Waals surface area (Å²) in [7, 11) is 0. The van der Waals surface area contributed by atoms with Gasteiger partial charge in [-0.2, -0.15) is 0 Å². The van der Waals surface area contributed by atoms with Gasteiger partial charge in [0.1, 0.15) is 0 Å². The maximum absolute atomic E-state index is 5.47. The lowest BCUT2D eigenvalue weighted by Gasteiger charge is -2.18. The van der Waals surface area contributed by atoms with Gasteiger partial charge < -0.3 is 11.5 Å². The van der Waals surface area contributed by atoms with E-state index in [2.05, 4.69) is 20.8 Å². The van der Waals surface area contributed by atoms with Crippen LogP contribution in [0.5, 0.6) is 0 Å². The van der Waals surface area contributed by atoms with Gasteiger partial charge in [0.25, 0.3) is 0 Å². The van der Waals surface area contributed by atoms with Crippen molar-refractivity contribution >= 4 is 0 Å². The van der Waals surface area contributed by atoms with E-state index in [1.54, 1.807) is 0 Å². The molecule has 2 atom stereocenters. The smallest absolute Gasteiger partial charge is 0.0520 e. The van der Waals surface area contributed by atoms with Crippen LogP contribution in [-0.2, 0) is 0 Å². The fourth-order valence-corrected chi connectivity index (χ4v) is 1.36. The van der Waals surface area contributed by atoms with Gasteiger partial charge in [-0.25, -0.2) is 0 Å². The van der Waals surface area contributed by atoms with E-state index < -0.39 is 0 Å². The van der Waals surface area contributed by atoms with Crippen molar-refractivity contribution in [3.8, 4) is 0 Å². The molecule has 0 radical (unpaired) electrons. The van der Waals surface area contributed by atoms with Crippen LogP contribution in [-0.4, -0.2) is 6.17 Å². The molecule has 0 aromatic heterocycles. The predicted molar refractivity (Wildman–Crippen MR) is 54.6 cm³/mol. The molecule has 0 saturated carbocycles. The SMILES string of the molecule is CCC(C)C(C)CCCC(N)N. The molecule has 12 heavy (non-hydrogen) atoms. The first-order chi connectivity index (χ1) is 5.57. The summed E-state index contributed by atoms with van der Waals surface area (Å²) in [5.74, 6) is 1.65. The first-order valence-electron chi connectivity index (χ1n) is 5.09. The minimum Gasteiger partial charge on any atom is -0.316 e. The Hall–Kier alpha value is -0.0800. The second-order valence-electron chi connectivity index (χ2n) is 3.96. The van der Waals surface area contributed by atoms with Gasteiger partial charge in [0, 0.05) is 0 Å². The van der Waals surface area contributed by atoms with Crippen molar-refractivity contribution in [2.24, 2.45) is 23.3 Å². The van der Waals surface area contributed by atoms with Crippen LogP contribution in [0.2, 0.25) is 0 Å². The fourth-order valence-electron chi connectivity index (χ4n) is 1.36. The summed E-state index contributed by atoms with van der Waals surface area (Å²) in [5.41, 5.74) is 10.9. The molecule has 4 N–H and O–H groups in total. The molecule has 0 saturated heterocycles. The third-order valence-electron chi connectivity index (χ3n) is 2.81. The van der Waals surface area contributed by atoms with Gasteiger partial charge in [-0.3, -0.25) is 0 Å². The summed E-state index contributed by atoms with van der Waals surface area (Å²) in [6.07, 6.45) is 4.55. The van der Waals surface area contributed by atoms with Crippen LogP contribution in [0.4, 0.5) is 0 Å². The van der Waals surface area contributed by atoms with Gasteiger partial charge in [-0.15, -0.1) is 0 Å². The molecule has 0 aromatic carbocycles. The number of rotatable bonds is 6. The lowest BCUT2D eigenvalue weighted by atomic mass is 9.89. The summed E-state index contributed by atoms with van der Waals surface area (Å²) >= 11 is 0. The fraction of sp³-hybridized carbons (Fsp3) is 1.00. The standard InChI is InChI=1S/C10H24N2/c1-4-8(2)9(3)6-5-7-10(11)12/h8-10H,4-7,11-12H2,1-3H3. The zero-order chi connectivity index (χ0) is 9.56. The maximum Gasteiger partial charge on any atom is 0.0520 e. The highest BCUT2D eigenvalue weighted by molar-refractivity contribution is 4.61. The second-order valence-corrected chi connectivity index (χ2v) is 3.96. The molecule has 0 heterocycles. The van der Waals surface area contributed by atoms with E-state index in [1.807, 2.05) is 0 Å². The first kappa shape index (κ1) is 11.9. The summed E-state index contributed by atoms with van der Waals surface area (Å²) in [6.45, 7) is 6.87. The Bertz CT molecular complexity index is 102. The van der Waals surface area contributed by atoms with E-state index in [1.165, 1.54) is 19.3 Å². The number of nitrogens with two attached hydrogens (primary N) is 2. The highest BCUT2D eigenvalue weighted by atomic mass is 14.8. The predicted octanol–water partition coefficient (Wildman–Crippen LogP) is 2.08. The summed E-state index contributed by atoms with van der Waals surface area (Å²) < 4.78 is 0. The van der Waals surface area contributed by atoms with Crippen LogP contribution >= 0.6 is 0 Å². The average molecular weight is 172 g/mol. The van der Waals surface area contributed by atoms with E-state index in [0.29, 0.717) is 0 Å². The highest BCUT2D eigenvalue weighted by Gasteiger charge is 2.09. The summed E-state index contributed by atoms with van der Waals surface area (Å²) in [5, 5.41) is 0. The van der Waals surface area contributed by atoms with Crippen molar-refractivity contribution in [2.75, 3.05) is 0 Å². The van der Waals surface area contributed by atoms with Crippen LogP contribution < -0.4 is 11.5 Å². The van der Waals surface area contributed by atoms with Gasteiger partial charge in [-0.1, -0.05) is 40.0 Å². The maximum atomic E-state index is 5.47. The minimum absolute atomic E-state index is 0.117. The topological polar surface area (TPSA) is 52.0 Å². The zero-order valence-corrected chi connectivity index (χ0v) is 8.72. The molecule has 0 bridgehead atoms. The largest absolute Gasteiger partial charge is 0.316 e. The Morgan fingerprint density at radius 3 is 2.00 bits per heavy atom. The molecule has 2 heteroatoms. The molecule has 2 unspecified atom stereocenters. The molecule has 0 spiro atoms. The Morgan fingerprint density at radius 1 is 1.00 bits per heavy atom. The minimum atomic E-state index is -0.117. The quantitative estimate of drug-likeness (QED) is 0.603. The molecule has 0 rings (SSSR count). The van der Waals surface area contributed by atoms with Gasteiger partial charge in [-0.05, 0) is 18.3 Å². The third kappa shape index (κ3) is 5.56. The zero-order valence-electron chi connectivity index (χ0n) is 8.72. The van der Waals surface area contributed by atoms with Gasteiger partial charge in [0.2, 0.25) is 0 Å². The lowest BCUT2D eigenvalue weighted by Crippen LogP contribution is -2.30. The van der Waals surface area contributed by atoms with E-state index in [9.17, 15) is 0 Å². The number of hydrogen-bond acceptors (Lipinski definition) is 2. The molecule has 74 valence electrons. The number of hydrogen-bond donors (Lipinski definition) is 2. The molecular formula is C10H24N2. The Morgan fingerprint density at radius 2 is 1.58 bits per heavy atom. The molecule has 0 amide bonds. The third-order valence-corrected chi connectivity index (χ3v) is 2.81. The van der Waals surface area contributed by atoms with Crippen LogP contribution in [0.25, 0.3) is 0 Å². The molecular weight excluding hydrogens is 148 g/mol. The lowest BCUT2D eigenvalue weighted by molar-refractivity contribution is 0.340.